The fourth-order valence-electron chi connectivity index (χ4n) is 1.55. The predicted octanol–water partition coefficient (Wildman–Crippen LogP) is 1.18. The van der Waals surface area contributed by atoms with Crippen LogP contribution in [0.4, 0.5) is 0 Å². The highest BCUT2D eigenvalue weighted by Gasteiger charge is 2.10. The number of rotatable bonds is 6. The van der Waals surface area contributed by atoms with Crippen LogP contribution in [0.2, 0.25) is 0 Å². The minimum Gasteiger partial charge on any atom is -0.338 e. The Morgan fingerprint density at radius 2 is 2.28 bits per heavy atom. The molecule has 98 valence electrons. The molecule has 0 fully saturated rings. The average molecular weight is 267 g/mol. The smallest absolute Gasteiger partial charge is 0.240 e. The van der Waals surface area contributed by atoms with Crippen LogP contribution in [0.15, 0.2) is 10.7 Å². The molecular formula is C11H17N5OS. The molecule has 0 saturated carbocycles. The van der Waals surface area contributed by atoms with Crippen molar-refractivity contribution >= 4 is 11.3 Å². The molecule has 2 aromatic rings. The minimum absolute atomic E-state index is 0.281. The van der Waals surface area contributed by atoms with Crippen LogP contribution >= 0.6 is 11.3 Å². The standard InChI is InChI=1S/C11H17N5OS/c1-3-8-5-13-11(18-8)7-16(2)6-9-14-10(4-12)17-15-9/h5H,3-4,6-7,12H2,1-2H3. The van der Waals surface area contributed by atoms with E-state index in [0.29, 0.717) is 18.3 Å². The Hall–Kier alpha value is -1.31. The molecule has 0 unspecified atom stereocenters. The van der Waals surface area contributed by atoms with E-state index in [1.165, 1.54) is 4.88 Å². The molecule has 0 aliphatic heterocycles. The van der Waals surface area contributed by atoms with E-state index in [9.17, 15) is 0 Å². The third-order valence-electron chi connectivity index (χ3n) is 2.45. The van der Waals surface area contributed by atoms with Crippen molar-refractivity contribution in [3.8, 4) is 0 Å². The molecule has 0 atom stereocenters. The van der Waals surface area contributed by atoms with Crippen molar-refractivity contribution in [3.63, 3.8) is 0 Å². The van der Waals surface area contributed by atoms with Gasteiger partial charge in [0.25, 0.3) is 0 Å². The van der Waals surface area contributed by atoms with Gasteiger partial charge in [0, 0.05) is 11.1 Å². The summed E-state index contributed by atoms with van der Waals surface area (Å²) in [5, 5.41) is 4.97. The van der Waals surface area contributed by atoms with Crippen molar-refractivity contribution < 1.29 is 4.52 Å². The van der Waals surface area contributed by atoms with E-state index < -0.39 is 0 Å². The zero-order chi connectivity index (χ0) is 13.0. The second-order valence-electron chi connectivity index (χ2n) is 4.05. The summed E-state index contributed by atoms with van der Waals surface area (Å²) < 4.78 is 4.96. The van der Waals surface area contributed by atoms with Crippen LogP contribution < -0.4 is 5.73 Å². The first kappa shape index (κ1) is 13.1. The average Bonchev–Trinajstić information content (AvgIpc) is 2.98. The van der Waals surface area contributed by atoms with Crippen LogP contribution in [0.25, 0.3) is 0 Å². The molecule has 0 aliphatic rings. The highest BCUT2D eigenvalue weighted by molar-refractivity contribution is 7.11. The van der Waals surface area contributed by atoms with Crippen molar-refractivity contribution in [1.29, 1.82) is 0 Å². The van der Waals surface area contributed by atoms with Gasteiger partial charge in [-0.05, 0) is 13.5 Å². The van der Waals surface area contributed by atoms with Crippen molar-refractivity contribution in [3.05, 3.63) is 27.8 Å². The monoisotopic (exact) mass is 267 g/mol. The molecule has 0 spiro atoms. The van der Waals surface area contributed by atoms with Gasteiger partial charge in [0.05, 0.1) is 19.6 Å². The van der Waals surface area contributed by atoms with Gasteiger partial charge < -0.3 is 10.3 Å². The Balaban J connectivity index is 1.89. The van der Waals surface area contributed by atoms with Gasteiger partial charge in [0.2, 0.25) is 5.89 Å². The van der Waals surface area contributed by atoms with Gasteiger partial charge in [-0.25, -0.2) is 4.98 Å². The molecule has 2 N–H and O–H groups in total. The summed E-state index contributed by atoms with van der Waals surface area (Å²) in [6, 6.07) is 0. The number of nitrogens with zero attached hydrogens (tertiary/aromatic N) is 4. The van der Waals surface area contributed by atoms with Gasteiger partial charge in [-0.15, -0.1) is 11.3 Å². The van der Waals surface area contributed by atoms with Gasteiger partial charge >= 0.3 is 0 Å². The second kappa shape index (κ2) is 6.03. The van der Waals surface area contributed by atoms with Crippen molar-refractivity contribution in [2.75, 3.05) is 7.05 Å². The molecule has 0 bridgehead atoms. The Kier molecular flexibility index (Phi) is 4.40. The highest BCUT2D eigenvalue weighted by Crippen LogP contribution is 2.15. The van der Waals surface area contributed by atoms with Crippen LogP contribution in [0, 0.1) is 0 Å². The summed E-state index contributed by atoms with van der Waals surface area (Å²) in [5.74, 6) is 1.13. The molecule has 0 amide bonds. The summed E-state index contributed by atoms with van der Waals surface area (Å²) in [5.41, 5.74) is 5.42. The maximum atomic E-state index is 5.42. The third-order valence-corrected chi connectivity index (χ3v) is 3.58. The number of aryl methyl sites for hydroxylation is 1. The fraction of sp³-hybridized carbons (Fsp3) is 0.545. The van der Waals surface area contributed by atoms with Gasteiger partial charge in [0.1, 0.15) is 5.01 Å². The zero-order valence-corrected chi connectivity index (χ0v) is 11.4. The van der Waals surface area contributed by atoms with Crippen molar-refractivity contribution in [1.82, 2.24) is 20.0 Å². The van der Waals surface area contributed by atoms with E-state index in [0.717, 1.165) is 18.0 Å². The molecule has 2 aromatic heterocycles. The van der Waals surface area contributed by atoms with E-state index in [2.05, 4.69) is 26.9 Å². The van der Waals surface area contributed by atoms with E-state index in [4.69, 9.17) is 10.3 Å². The van der Waals surface area contributed by atoms with E-state index in [1.807, 2.05) is 13.2 Å². The van der Waals surface area contributed by atoms with Crippen LogP contribution in [0.3, 0.4) is 0 Å². The summed E-state index contributed by atoms with van der Waals surface area (Å²) in [7, 11) is 2.01. The molecule has 6 nitrogen and oxygen atoms in total. The largest absolute Gasteiger partial charge is 0.338 e. The molecular weight excluding hydrogens is 250 g/mol. The first-order valence-corrected chi connectivity index (χ1v) is 6.66. The lowest BCUT2D eigenvalue weighted by Crippen LogP contribution is -2.18. The van der Waals surface area contributed by atoms with Crippen LogP contribution in [-0.4, -0.2) is 27.1 Å². The van der Waals surface area contributed by atoms with E-state index >= 15 is 0 Å². The van der Waals surface area contributed by atoms with Crippen molar-refractivity contribution in [2.45, 2.75) is 33.0 Å². The SMILES string of the molecule is CCc1cnc(CN(C)Cc2noc(CN)n2)s1. The number of thiazole rings is 1. The van der Waals surface area contributed by atoms with Crippen LogP contribution in [0.1, 0.15) is 28.5 Å². The van der Waals surface area contributed by atoms with Gasteiger partial charge in [-0.3, -0.25) is 4.90 Å². The number of hydrogen-bond donors (Lipinski definition) is 1. The molecule has 0 aromatic carbocycles. The second-order valence-corrected chi connectivity index (χ2v) is 5.25. The summed E-state index contributed by atoms with van der Waals surface area (Å²) >= 11 is 1.74. The van der Waals surface area contributed by atoms with Crippen LogP contribution in [-0.2, 0) is 26.1 Å². The Labute approximate surface area is 110 Å². The topological polar surface area (TPSA) is 81.1 Å². The lowest BCUT2D eigenvalue weighted by Gasteiger charge is -2.11. The summed E-state index contributed by atoms with van der Waals surface area (Å²) in [4.78, 5) is 12.0. The molecule has 0 saturated heterocycles. The Morgan fingerprint density at radius 3 is 2.89 bits per heavy atom. The summed E-state index contributed by atoms with van der Waals surface area (Å²) in [6.45, 7) is 3.83. The summed E-state index contributed by atoms with van der Waals surface area (Å²) in [6.07, 6.45) is 2.97. The maximum absolute atomic E-state index is 5.42. The normalized spacial score (nSPS) is 11.3. The third kappa shape index (κ3) is 3.34. The minimum atomic E-state index is 0.281. The van der Waals surface area contributed by atoms with E-state index in [-0.39, 0.29) is 6.54 Å². The lowest BCUT2D eigenvalue weighted by molar-refractivity contribution is 0.299. The quantitative estimate of drug-likeness (QED) is 0.846. The zero-order valence-electron chi connectivity index (χ0n) is 10.6. The number of aromatic nitrogens is 3. The Bertz CT molecular complexity index is 451. The fourth-order valence-corrected chi connectivity index (χ4v) is 2.49. The molecule has 2 rings (SSSR count). The van der Waals surface area contributed by atoms with Gasteiger partial charge in [-0.2, -0.15) is 4.98 Å². The molecule has 7 heteroatoms. The maximum Gasteiger partial charge on any atom is 0.240 e. The number of hydrogen-bond acceptors (Lipinski definition) is 7. The highest BCUT2D eigenvalue weighted by atomic mass is 32.1. The molecule has 0 aliphatic carbocycles. The lowest BCUT2D eigenvalue weighted by atomic mass is 10.4. The first-order chi connectivity index (χ1) is 8.71. The van der Waals surface area contributed by atoms with Gasteiger partial charge in [0.15, 0.2) is 5.82 Å². The van der Waals surface area contributed by atoms with Gasteiger partial charge in [-0.1, -0.05) is 12.1 Å². The van der Waals surface area contributed by atoms with Crippen molar-refractivity contribution in [2.24, 2.45) is 5.73 Å². The predicted molar refractivity (Wildman–Crippen MR) is 68.9 cm³/mol. The number of nitrogens with two attached hydrogens (primary N) is 1. The first-order valence-electron chi connectivity index (χ1n) is 5.85. The van der Waals surface area contributed by atoms with Crippen LogP contribution in [0.5, 0.6) is 0 Å². The Morgan fingerprint density at radius 1 is 1.44 bits per heavy atom. The molecule has 2 heterocycles. The van der Waals surface area contributed by atoms with E-state index in [1.54, 1.807) is 11.3 Å². The molecule has 0 radical (unpaired) electrons. The molecule has 18 heavy (non-hydrogen) atoms.